The van der Waals surface area contributed by atoms with E-state index in [1.807, 2.05) is 18.2 Å². The van der Waals surface area contributed by atoms with Crippen LogP contribution in [0.4, 0.5) is 0 Å². The molecule has 0 atom stereocenters. The minimum Gasteiger partial charge on any atom is -1.00 e. The van der Waals surface area contributed by atoms with Gasteiger partial charge in [0.05, 0.1) is 5.56 Å². The van der Waals surface area contributed by atoms with Gasteiger partial charge in [0.15, 0.2) is 0 Å². The second-order valence-corrected chi connectivity index (χ2v) is 4.40. The van der Waals surface area contributed by atoms with E-state index in [2.05, 4.69) is 11.8 Å². The SMILES string of the molecule is CCN1CCC(OC(=O)c2ccccc2)CC1.[Cl-].[H+]. The van der Waals surface area contributed by atoms with Gasteiger partial charge in [-0.25, -0.2) is 4.79 Å². The summed E-state index contributed by atoms with van der Waals surface area (Å²) in [5.74, 6) is -0.194. The number of piperidine rings is 1. The summed E-state index contributed by atoms with van der Waals surface area (Å²) in [6.07, 6.45) is 1.99. The Balaban J connectivity index is 0.00000162. The molecular formula is C14H20ClNO2. The minimum atomic E-state index is -0.194. The van der Waals surface area contributed by atoms with Crippen LogP contribution in [-0.2, 0) is 4.74 Å². The van der Waals surface area contributed by atoms with Crippen molar-refractivity contribution in [2.24, 2.45) is 0 Å². The average molecular weight is 270 g/mol. The van der Waals surface area contributed by atoms with Crippen molar-refractivity contribution in [3.05, 3.63) is 35.9 Å². The maximum atomic E-state index is 11.8. The zero-order chi connectivity index (χ0) is 12.1. The number of hydrogen-bond acceptors (Lipinski definition) is 3. The van der Waals surface area contributed by atoms with Gasteiger partial charge in [0.25, 0.3) is 0 Å². The molecule has 3 nitrogen and oxygen atoms in total. The van der Waals surface area contributed by atoms with E-state index in [-0.39, 0.29) is 25.9 Å². The van der Waals surface area contributed by atoms with Gasteiger partial charge in [0, 0.05) is 13.1 Å². The Kier molecular flexibility index (Phi) is 6.16. The Hall–Kier alpha value is -1.06. The van der Waals surface area contributed by atoms with E-state index in [0.717, 1.165) is 32.5 Å². The molecule has 100 valence electrons. The fraction of sp³-hybridized carbons (Fsp3) is 0.500. The number of benzene rings is 1. The van der Waals surface area contributed by atoms with Crippen molar-refractivity contribution in [2.75, 3.05) is 19.6 Å². The van der Waals surface area contributed by atoms with Gasteiger partial charge in [0.2, 0.25) is 0 Å². The number of rotatable bonds is 3. The van der Waals surface area contributed by atoms with Crippen LogP contribution in [0.15, 0.2) is 30.3 Å². The molecule has 1 aromatic carbocycles. The molecule has 4 heteroatoms. The Morgan fingerprint density at radius 3 is 2.50 bits per heavy atom. The zero-order valence-corrected chi connectivity index (χ0v) is 11.4. The highest BCUT2D eigenvalue weighted by molar-refractivity contribution is 5.89. The van der Waals surface area contributed by atoms with Gasteiger partial charge in [-0.05, 0) is 31.5 Å². The molecule has 0 radical (unpaired) electrons. The van der Waals surface area contributed by atoms with Crippen LogP contribution in [0, 0.1) is 0 Å². The third-order valence-corrected chi connectivity index (χ3v) is 3.27. The van der Waals surface area contributed by atoms with Crippen LogP contribution in [0.5, 0.6) is 0 Å². The Morgan fingerprint density at radius 2 is 1.94 bits per heavy atom. The van der Waals surface area contributed by atoms with Gasteiger partial charge >= 0.3 is 7.40 Å². The monoisotopic (exact) mass is 269 g/mol. The van der Waals surface area contributed by atoms with Gasteiger partial charge in [0.1, 0.15) is 6.10 Å². The highest BCUT2D eigenvalue weighted by Gasteiger charge is 2.21. The van der Waals surface area contributed by atoms with Gasteiger partial charge < -0.3 is 22.0 Å². The summed E-state index contributed by atoms with van der Waals surface area (Å²) in [6, 6.07) is 9.20. The fourth-order valence-corrected chi connectivity index (χ4v) is 2.14. The lowest BCUT2D eigenvalue weighted by Gasteiger charge is -2.30. The van der Waals surface area contributed by atoms with Crippen LogP contribution in [0.1, 0.15) is 31.6 Å². The molecule has 0 N–H and O–H groups in total. The number of hydrogen-bond donors (Lipinski definition) is 0. The van der Waals surface area contributed by atoms with Crippen LogP contribution < -0.4 is 12.4 Å². The lowest BCUT2D eigenvalue weighted by Crippen LogP contribution is -3.00. The third-order valence-electron chi connectivity index (χ3n) is 3.27. The number of nitrogens with zero attached hydrogens (tertiary/aromatic N) is 1. The van der Waals surface area contributed by atoms with E-state index in [9.17, 15) is 4.79 Å². The van der Waals surface area contributed by atoms with Crippen LogP contribution >= 0.6 is 0 Å². The first kappa shape index (κ1) is 15.0. The second kappa shape index (κ2) is 7.39. The molecule has 2 rings (SSSR count). The van der Waals surface area contributed by atoms with E-state index in [0.29, 0.717) is 5.56 Å². The largest absolute Gasteiger partial charge is 1.00 e. The predicted octanol–water partition coefficient (Wildman–Crippen LogP) is -0.556. The Bertz CT molecular complexity index is 367. The van der Waals surface area contributed by atoms with E-state index in [4.69, 9.17) is 4.74 Å². The molecule has 1 aliphatic heterocycles. The summed E-state index contributed by atoms with van der Waals surface area (Å²) in [5.41, 5.74) is 0.644. The topological polar surface area (TPSA) is 29.5 Å². The van der Waals surface area contributed by atoms with E-state index in [1.165, 1.54) is 0 Å². The highest BCUT2D eigenvalue weighted by atomic mass is 35.5. The quantitative estimate of drug-likeness (QED) is 0.690. The zero-order valence-electron chi connectivity index (χ0n) is 11.6. The van der Waals surface area contributed by atoms with Crippen LogP contribution in [0.2, 0.25) is 0 Å². The lowest BCUT2D eigenvalue weighted by atomic mass is 10.1. The molecule has 18 heavy (non-hydrogen) atoms. The Labute approximate surface area is 116 Å². The molecule has 1 heterocycles. The summed E-state index contributed by atoms with van der Waals surface area (Å²) >= 11 is 0. The van der Waals surface area contributed by atoms with Crippen molar-refractivity contribution >= 4 is 5.97 Å². The first-order valence-corrected chi connectivity index (χ1v) is 6.28. The third kappa shape index (κ3) is 4.00. The molecule has 0 amide bonds. The minimum absolute atomic E-state index is 0. The molecule has 0 unspecified atom stereocenters. The number of ether oxygens (including phenoxy) is 1. The summed E-state index contributed by atoms with van der Waals surface area (Å²) in [5, 5.41) is 0. The number of halogens is 1. The molecule has 0 saturated carbocycles. The van der Waals surface area contributed by atoms with Crippen LogP contribution in [0.3, 0.4) is 0 Å². The van der Waals surface area contributed by atoms with Crippen molar-refractivity contribution in [1.82, 2.24) is 4.90 Å². The summed E-state index contributed by atoms with van der Waals surface area (Å²) in [4.78, 5) is 14.2. The predicted molar refractivity (Wildman–Crippen MR) is 68.1 cm³/mol. The lowest BCUT2D eigenvalue weighted by molar-refractivity contribution is -0.0000757. The van der Waals surface area contributed by atoms with Crippen molar-refractivity contribution in [3.63, 3.8) is 0 Å². The van der Waals surface area contributed by atoms with Crippen molar-refractivity contribution < 1.29 is 23.4 Å². The summed E-state index contributed by atoms with van der Waals surface area (Å²) in [7, 11) is 0. The average Bonchev–Trinajstić information content (AvgIpc) is 2.40. The highest BCUT2D eigenvalue weighted by Crippen LogP contribution is 2.15. The molecule has 1 fully saturated rings. The smallest absolute Gasteiger partial charge is 1.00 e. The van der Waals surface area contributed by atoms with Gasteiger partial charge in [-0.1, -0.05) is 25.1 Å². The van der Waals surface area contributed by atoms with Gasteiger partial charge in [-0.15, -0.1) is 0 Å². The number of carbonyl (C=O) groups is 1. The van der Waals surface area contributed by atoms with Crippen molar-refractivity contribution in [2.45, 2.75) is 25.9 Å². The van der Waals surface area contributed by atoms with Crippen molar-refractivity contribution in [1.29, 1.82) is 0 Å². The standard InChI is InChI=1S/C14H19NO2.ClH/c1-2-15-10-8-13(9-11-15)17-14(16)12-6-4-3-5-7-12;/h3-7,13H,2,8-11H2,1H3;1H. The molecule has 0 aromatic heterocycles. The number of esters is 1. The normalized spacial score (nSPS) is 16.9. The number of carbonyl (C=O) groups excluding carboxylic acids is 1. The molecular weight excluding hydrogens is 250 g/mol. The molecule has 0 aliphatic carbocycles. The Morgan fingerprint density at radius 1 is 1.33 bits per heavy atom. The fourth-order valence-electron chi connectivity index (χ4n) is 2.14. The first-order valence-electron chi connectivity index (χ1n) is 6.28. The molecule has 1 saturated heterocycles. The van der Waals surface area contributed by atoms with Gasteiger partial charge in [-0.3, -0.25) is 0 Å². The number of likely N-dealkylation sites (tertiary alicyclic amines) is 1. The first-order chi connectivity index (χ1) is 8.29. The van der Waals surface area contributed by atoms with E-state index in [1.54, 1.807) is 12.1 Å². The van der Waals surface area contributed by atoms with Crippen LogP contribution in [0.25, 0.3) is 0 Å². The summed E-state index contributed by atoms with van der Waals surface area (Å²) < 4.78 is 5.50. The summed E-state index contributed by atoms with van der Waals surface area (Å²) in [6.45, 7) is 5.31. The molecule has 0 bridgehead atoms. The van der Waals surface area contributed by atoms with Gasteiger partial charge in [-0.2, -0.15) is 0 Å². The van der Waals surface area contributed by atoms with E-state index < -0.39 is 0 Å². The maximum Gasteiger partial charge on any atom is 1.00 e. The molecule has 1 aliphatic rings. The van der Waals surface area contributed by atoms with Crippen molar-refractivity contribution in [3.8, 4) is 0 Å². The molecule has 1 aromatic rings. The maximum absolute atomic E-state index is 11.8. The molecule has 0 spiro atoms. The van der Waals surface area contributed by atoms with E-state index >= 15 is 0 Å². The second-order valence-electron chi connectivity index (χ2n) is 4.40. The van der Waals surface area contributed by atoms with Crippen LogP contribution in [-0.4, -0.2) is 36.6 Å².